The Kier molecular flexibility index (Phi) is 12.9. The van der Waals surface area contributed by atoms with Crippen LogP contribution in [-0.4, -0.2) is 87.7 Å². The van der Waals surface area contributed by atoms with Gasteiger partial charge in [0.15, 0.2) is 0 Å². The lowest BCUT2D eigenvalue weighted by atomic mass is 9.88. The molecule has 1 aromatic carbocycles. The van der Waals surface area contributed by atoms with Crippen molar-refractivity contribution in [1.82, 2.24) is 24.5 Å². The van der Waals surface area contributed by atoms with E-state index in [9.17, 15) is 4.79 Å². The smallest absolute Gasteiger partial charge is 0.253 e. The Morgan fingerprint density at radius 3 is 2.33 bits per heavy atom. The van der Waals surface area contributed by atoms with E-state index in [4.69, 9.17) is 5.41 Å². The van der Waals surface area contributed by atoms with Crippen molar-refractivity contribution >= 4 is 30.1 Å². The Labute approximate surface area is 294 Å². The zero-order chi connectivity index (χ0) is 34.9. The first kappa shape index (κ1) is 36.5. The summed E-state index contributed by atoms with van der Waals surface area (Å²) in [4.78, 5) is 25.0. The summed E-state index contributed by atoms with van der Waals surface area (Å²) in [6.07, 6.45) is 15.3. The van der Waals surface area contributed by atoms with Crippen LogP contribution in [0.15, 0.2) is 59.7 Å². The third-order valence-electron chi connectivity index (χ3n) is 11.1. The molecule has 0 aliphatic carbocycles. The predicted octanol–water partition coefficient (Wildman–Crippen LogP) is 6.35. The van der Waals surface area contributed by atoms with Gasteiger partial charge in [0, 0.05) is 62.3 Å². The molecule has 1 unspecified atom stereocenters. The van der Waals surface area contributed by atoms with Gasteiger partial charge in [-0.05, 0) is 136 Å². The van der Waals surface area contributed by atoms with Gasteiger partial charge in [0.1, 0.15) is 5.84 Å². The fourth-order valence-electron chi connectivity index (χ4n) is 8.06. The Bertz CT molecular complexity index is 1630. The number of rotatable bonds is 11. The van der Waals surface area contributed by atoms with Crippen LogP contribution in [0, 0.1) is 11.3 Å². The molecule has 0 bridgehead atoms. The van der Waals surface area contributed by atoms with E-state index >= 15 is 0 Å². The number of carbonyl (C=O) groups is 1. The number of aryl methyl sites for hydroxylation is 1. The van der Waals surface area contributed by atoms with Crippen molar-refractivity contribution in [2.45, 2.75) is 90.6 Å². The fourth-order valence-corrected chi connectivity index (χ4v) is 8.06. The molecule has 3 aliphatic rings. The standard InChI is InChI=1S/C41H59N7O/c1-7-22-48(37(8-2)9-3)29-32-17-23-47(24-18-32)41(49)35-12-10-33(11-13-35)34-19-25-46(26-20-34)31(5)39-27-30(4)38(16-21-44-45(39)6)36-14-15-40(42)43-28-36/h10-16,21,27-28,31-32,34,37,42,44H,4,7-9,17-20,22-26,29H2,1-3,5-6H3/b21-16?,38-36+,39-27?,42-40?. The monoisotopic (exact) mass is 665 g/mol. The first-order valence-corrected chi connectivity index (χ1v) is 18.7. The molecule has 0 radical (unpaired) electrons. The minimum absolute atomic E-state index is 0.186. The molecule has 8 nitrogen and oxygen atoms in total. The molecular weight excluding hydrogens is 606 g/mol. The molecule has 1 atom stereocenters. The summed E-state index contributed by atoms with van der Waals surface area (Å²) in [6.45, 7) is 19.7. The van der Waals surface area contributed by atoms with Crippen LogP contribution in [-0.2, 0) is 7.05 Å². The Hall–Kier alpha value is -3.75. The first-order valence-electron chi connectivity index (χ1n) is 18.7. The number of nitrogens with one attached hydrogen (secondary N) is 2. The van der Waals surface area contributed by atoms with Gasteiger partial charge in [-0.3, -0.25) is 19.8 Å². The summed E-state index contributed by atoms with van der Waals surface area (Å²) >= 11 is 0. The number of aromatic nitrogens is 2. The number of aromatic amines is 1. The Morgan fingerprint density at radius 2 is 1.71 bits per heavy atom. The molecule has 1 amide bonds. The van der Waals surface area contributed by atoms with Gasteiger partial charge < -0.3 is 14.9 Å². The average molecular weight is 666 g/mol. The second kappa shape index (κ2) is 17.3. The number of amidine groups is 1. The van der Waals surface area contributed by atoms with Gasteiger partial charge in [-0.15, -0.1) is 0 Å². The largest absolute Gasteiger partial charge is 0.339 e. The lowest BCUT2D eigenvalue weighted by molar-refractivity contribution is 0.0644. The SMILES string of the molecule is C=c1cc(C(C)N2CCC(c3ccc(C(=O)N4CCC(CN(CCC)C(CC)CC)CC4)cc3)CC2)n(C)[nH]cc/c1=C1/C=CC(=N)N=C1. The fraction of sp³-hybridized carbons (Fsp3) is 0.537. The molecule has 2 saturated heterocycles. The van der Waals surface area contributed by atoms with Crippen molar-refractivity contribution in [3.63, 3.8) is 0 Å². The number of H-pyrrole nitrogens is 1. The number of dihydropyridines is 1. The van der Waals surface area contributed by atoms with Crippen molar-refractivity contribution in [3.05, 3.63) is 82.0 Å². The first-order chi connectivity index (χ1) is 23.7. The van der Waals surface area contributed by atoms with Crippen molar-refractivity contribution in [1.29, 1.82) is 5.41 Å². The van der Waals surface area contributed by atoms with Crippen molar-refractivity contribution in [3.8, 4) is 0 Å². The lowest BCUT2D eigenvalue weighted by Gasteiger charge is -2.38. The van der Waals surface area contributed by atoms with Gasteiger partial charge in [-0.25, -0.2) is 4.99 Å². The number of allylic oxidation sites excluding steroid dienone is 1. The average Bonchev–Trinajstić information content (AvgIpc) is 3.12. The topological polar surface area (TPSA) is 83.7 Å². The van der Waals surface area contributed by atoms with E-state index in [1.165, 1.54) is 37.9 Å². The van der Waals surface area contributed by atoms with E-state index < -0.39 is 0 Å². The summed E-state index contributed by atoms with van der Waals surface area (Å²) in [6, 6.07) is 13.6. The van der Waals surface area contributed by atoms with Crippen LogP contribution in [0.2, 0.25) is 0 Å². The van der Waals surface area contributed by atoms with Crippen LogP contribution in [0.5, 0.6) is 0 Å². The molecule has 264 valence electrons. The van der Waals surface area contributed by atoms with E-state index in [1.807, 2.05) is 18.3 Å². The molecule has 0 saturated carbocycles. The maximum atomic E-state index is 13.5. The van der Waals surface area contributed by atoms with Crippen LogP contribution < -0.4 is 10.4 Å². The summed E-state index contributed by atoms with van der Waals surface area (Å²) in [5, 5.41) is 13.0. The van der Waals surface area contributed by atoms with Gasteiger partial charge in [-0.2, -0.15) is 0 Å². The highest BCUT2D eigenvalue weighted by Crippen LogP contribution is 2.32. The molecule has 5 rings (SSSR count). The molecule has 2 fully saturated rings. The van der Waals surface area contributed by atoms with Gasteiger partial charge in [-0.1, -0.05) is 39.5 Å². The van der Waals surface area contributed by atoms with Crippen LogP contribution in [0.25, 0.3) is 12.2 Å². The van der Waals surface area contributed by atoms with Crippen LogP contribution in [0.3, 0.4) is 0 Å². The number of carbonyl (C=O) groups excluding carboxylic acids is 1. The zero-order valence-corrected chi connectivity index (χ0v) is 30.6. The second-order valence-corrected chi connectivity index (χ2v) is 14.3. The summed E-state index contributed by atoms with van der Waals surface area (Å²) in [7, 11) is 2.05. The van der Waals surface area contributed by atoms with E-state index in [0.29, 0.717) is 17.9 Å². The van der Waals surface area contributed by atoms with Crippen LogP contribution >= 0.6 is 0 Å². The van der Waals surface area contributed by atoms with E-state index in [2.05, 4.69) is 101 Å². The van der Waals surface area contributed by atoms with Gasteiger partial charge in [0.25, 0.3) is 5.91 Å². The van der Waals surface area contributed by atoms with Crippen LogP contribution in [0.4, 0.5) is 0 Å². The maximum Gasteiger partial charge on any atom is 0.253 e. The van der Waals surface area contributed by atoms with Gasteiger partial charge >= 0.3 is 0 Å². The minimum atomic E-state index is 0.186. The normalized spacial score (nSPS) is 19.6. The number of benzene rings is 1. The number of hydrogen-bond acceptors (Lipinski definition) is 4. The summed E-state index contributed by atoms with van der Waals surface area (Å²) in [5.74, 6) is 1.62. The van der Waals surface area contributed by atoms with E-state index in [-0.39, 0.29) is 17.8 Å². The molecule has 8 heteroatoms. The predicted molar refractivity (Wildman–Crippen MR) is 204 cm³/mol. The molecule has 4 heterocycles. The van der Waals surface area contributed by atoms with Gasteiger partial charge in [0.2, 0.25) is 0 Å². The number of amides is 1. The highest BCUT2D eigenvalue weighted by molar-refractivity contribution is 6.16. The molecular formula is C41H59N7O. The van der Waals surface area contributed by atoms with Crippen molar-refractivity contribution < 1.29 is 4.79 Å². The number of aliphatic imine (C=N–C) groups is 1. The Balaban J connectivity index is 1.16. The van der Waals surface area contributed by atoms with Crippen LogP contribution in [0.1, 0.15) is 106 Å². The summed E-state index contributed by atoms with van der Waals surface area (Å²) in [5.41, 5.74) is 4.27. The maximum absolute atomic E-state index is 13.5. The van der Waals surface area contributed by atoms with Gasteiger partial charge in [0.05, 0.1) is 5.69 Å². The van der Waals surface area contributed by atoms with E-state index in [0.717, 1.165) is 79.1 Å². The quantitative estimate of drug-likeness (QED) is 0.294. The lowest BCUT2D eigenvalue weighted by Crippen LogP contribution is -2.44. The van der Waals surface area contributed by atoms with Crippen molar-refractivity contribution in [2.75, 3.05) is 39.3 Å². The molecule has 49 heavy (non-hydrogen) atoms. The molecule has 2 aromatic rings. The van der Waals surface area contributed by atoms with E-state index in [1.54, 1.807) is 12.3 Å². The molecule has 2 N–H and O–H groups in total. The number of nitrogens with zero attached hydrogens (tertiary/aromatic N) is 5. The minimum Gasteiger partial charge on any atom is -0.339 e. The highest BCUT2D eigenvalue weighted by atomic mass is 16.2. The highest BCUT2D eigenvalue weighted by Gasteiger charge is 2.28. The molecule has 3 aliphatic heterocycles. The third kappa shape index (κ3) is 9.08. The second-order valence-electron chi connectivity index (χ2n) is 14.3. The van der Waals surface area contributed by atoms with Crippen molar-refractivity contribution in [2.24, 2.45) is 18.0 Å². The Morgan fingerprint density at radius 1 is 1.02 bits per heavy atom. The summed E-state index contributed by atoms with van der Waals surface area (Å²) < 4.78 is 2.08. The zero-order valence-electron chi connectivity index (χ0n) is 30.6. The number of piperidine rings is 2. The number of likely N-dealkylation sites (tertiary alicyclic amines) is 2. The number of hydrogen-bond donors (Lipinski definition) is 2. The third-order valence-corrected chi connectivity index (χ3v) is 11.1. The molecule has 1 aromatic heterocycles. The molecule has 0 spiro atoms.